The summed E-state index contributed by atoms with van der Waals surface area (Å²) in [7, 11) is 0. The van der Waals surface area contributed by atoms with Gasteiger partial charge < -0.3 is 20.2 Å². The first-order valence-corrected chi connectivity index (χ1v) is 7.55. The summed E-state index contributed by atoms with van der Waals surface area (Å²) >= 11 is 0. The van der Waals surface area contributed by atoms with Gasteiger partial charge in [-0.1, -0.05) is 0 Å². The van der Waals surface area contributed by atoms with Crippen molar-refractivity contribution in [1.29, 1.82) is 0 Å². The molecule has 2 amide bonds. The molecule has 0 radical (unpaired) electrons. The molecule has 0 aromatic heterocycles. The molecule has 3 saturated carbocycles. The van der Waals surface area contributed by atoms with Gasteiger partial charge in [-0.25, -0.2) is 4.79 Å². The summed E-state index contributed by atoms with van der Waals surface area (Å²) in [6, 6.07) is 0.489. The quantitative estimate of drug-likeness (QED) is 0.788. The molecule has 6 nitrogen and oxygen atoms in total. The van der Waals surface area contributed by atoms with Gasteiger partial charge in [0.25, 0.3) is 0 Å². The standard InChI is InChI=1S/C14H21N3O3/c18-11(19)5-13-1-2-14(8-13,9-13)17-7-10-6-15-3-4-16(10)12(17)20/h10,15H,1-9H2,(H,18,19)/t10-,13?,14?/m0/s1. The fraction of sp³-hybridized carbons (Fsp3) is 0.857. The fourth-order valence-electron chi connectivity index (χ4n) is 5.07. The van der Waals surface area contributed by atoms with E-state index >= 15 is 0 Å². The van der Waals surface area contributed by atoms with Crippen LogP contribution in [0.25, 0.3) is 0 Å². The summed E-state index contributed by atoms with van der Waals surface area (Å²) in [5, 5.41) is 12.4. The molecule has 2 bridgehead atoms. The maximum atomic E-state index is 12.6. The van der Waals surface area contributed by atoms with Crippen LogP contribution in [0.2, 0.25) is 0 Å². The predicted molar refractivity (Wildman–Crippen MR) is 71.4 cm³/mol. The van der Waals surface area contributed by atoms with Crippen molar-refractivity contribution in [2.45, 2.75) is 43.7 Å². The normalized spacial score (nSPS) is 42.6. The summed E-state index contributed by atoms with van der Waals surface area (Å²) in [4.78, 5) is 27.6. The molecule has 3 aliphatic carbocycles. The number of carboxylic acids is 1. The number of carbonyl (C=O) groups is 2. The van der Waals surface area contributed by atoms with E-state index in [4.69, 9.17) is 5.11 Å². The number of nitrogens with zero attached hydrogens (tertiary/aromatic N) is 2. The number of fused-ring (bicyclic) bond motifs is 2. The summed E-state index contributed by atoms with van der Waals surface area (Å²) in [5.74, 6) is -0.699. The fourth-order valence-corrected chi connectivity index (χ4v) is 5.07. The first-order valence-electron chi connectivity index (χ1n) is 7.55. The lowest BCUT2D eigenvalue weighted by molar-refractivity contribution is -0.142. The van der Waals surface area contributed by atoms with Gasteiger partial charge in [0.05, 0.1) is 12.5 Å². The van der Waals surface area contributed by atoms with Crippen LogP contribution in [0.5, 0.6) is 0 Å². The second-order valence-electron chi connectivity index (χ2n) is 7.09. The van der Waals surface area contributed by atoms with Gasteiger partial charge in [-0.2, -0.15) is 0 Å². The Morgan fingerprint density at radius 3 is 2.90 bits per heavy atom. The molecule has 0 aromatic carbocycles. The van der Waals surface area contributed by atoms with E-state index in [0.717, 1.165) is 51.9 Å². The molecule has 5 aliphatic rings. The van der Waals surface area contributed by atoms with Crippen molar-refractivity contribution >= 4 is 12.0 Å². The number of aliphatic carboxylic acids is 1. The predicted octanol–water partition coefficient (Wildman–Crippen LogP) is 0.483. The third-order valence-corrected chi connectivity index (χ3v) is 5.85. The third-order valence-electron chi connectivity index (χ3n) is 5.85. The van der Waals surface area contributed by atoms with Gasteiger partial charge in [-0.3, -0.25) is 4.79 Å². The van der Waals surface area contributed by atoms with Crippen LogP contribution in [0.4, 0.5) is 4.79 Å². The van der Waals surface area contributed by atoms with E-state index in [-0.39, 0.29) is 23.4 Å². The molecule has 1 atom stereocenters. The third kappa shape index (κ3) is 1.54. The van der Waals surface area contributed by atoms with Crippen molar-refractivity contribution < 1.29 is 14.7 Å². The van der Waals surface area contributed by atoms with Crippen LogP contribution >= 0.6 is 0 Å². The number of piperazine rings is 1. The molecule has 2 saturated heterocycles. The number of hydrogen-bond donors (Lipinski definition) is 2. The van der Waals surface area contributed by atoms with Gasteiger partial charge in [-0.05, 0) is 31.1 Å². The van der Waals surface area contributed by atoms with E-state index in [2.05, 4.69) is 10.2 Å². The van der Waals surface area contributed by atoms with Crippen molar-refractivity contribution in [2.24, 2.45) is 5.41 Å². The second kappa shape index (κ2) is 3.87. The van der Waals surface area contributed by atoms with E-state index in [1.165, 1.54) is 0 Å². The molecule has 5 rings (SSSR count). The number of carbonyl (C=O) groups excluding carboxylic acids is 1. The zero-order chi connectivity index (χ0) is 14.0. The summed E-state index contributed by atoms with van der Waals surface area (Å²) in [6.45, 7) is 3.38. The zero-order valence-corrected chi connectivity index (χ0v) is 11.6. The summed E-state index contributed by atoms with van der Waals surface area (Å²) < 4.78 is 0. The first kappa shape index (κ1) is 12.4. The Kier molecular flexibility index (Phi) is 2.41. The lowest BCUT2D eigenvalue weighted by Crippen LogP contribution is -2.57. The van der Waals surface area contributed by atoms with E-state index in [1.807, 2.05) is 4.90 Å². The van der Waals surface area contributed by atoms with Gasteiger partial charge in [0.1, 0.15) is 0 Å². The van der Waals surface area contributed by atoms with Crippen LogP contribution in [0, 0.1) is 5.41 Å². The average molecular weight is 279 g/mol. The lowest BCUT2D eigenvalue weighted by Gasteiger charge is -2.51. The Labute approximate surface area is 118 Å². The highest BCUT2D eigenvalue weighted by atomic mass is 16.4. The summed E-state index contributed by atoms with van der Waals surface area (Å²) in [6.07, 6.45) is 4.01. The largest absolute Gasteiger partial charge is 0.481 e. The Morgan fingerprint density at radius 2 is 2.20 bits per heavy atom. The molecule has 20 heavy (non-hydrogen) atoms. The Morgan fingerprint density at radius 1 is 1.40 bits per heavy atom. The van der Waals surface area contributed by atoms with Crippen LogP contribution in [-0.4, -0.2) is 64.7 Å². The van der Waals surface area contributed by atoms with Gasteiger partial charge in [-0.15, -0.1) is 0 Å². The number of amides is 2. The molecular formula is C14H21N3O3. The number of rotatable bonds is 3. The van der Waals surface area contributed by atoms with Crippen LogP contribution in [0.1, 0.15) is 32.1 Å². The summed E-state index contributed by atoms with van der Waals surface area (Å²) in [5.41, 5.74) is -0.0443. The van der Waals surface area contributed by atoms with Gasteiger partial charge in [0, 0.05) is 31.7 Å². The first-order chi connectivity index (χ1) is 9.54. The highest BCUT2D eigenvalue weighted by Crippen LogP contribution is 2.66. The molecular weight excluding hydrogens is 258 g/mol. The Hall–Kier alpha value is -1.30. The van der Waals surface area contributed by atoms with Crippen LogP contribution in [0.15, 0.2) is 0 Å². The molecule has 6 heteroatoms. The minimum Gasteiger partial charge on any atom is -0.481 e. The van der Waals surface area contributed by atoms with Gasteiger partial charge >= 0.3 is 12.0 Å². The molecule has 2 heterocycles. The molecule has 2 N–H and O–H groups in total. The minimum absolute atomic E-state index is 0.0204. The van der Waals surface area contributed by atoms with Crippen molar-refractivity contribution in [3.63, 3.8) is 0 Å². The van der Waals surface area contributed by atoms with Crippen molar-refractivity contribution in [3.05, 3.63) is 0 Å². The smallest absolute Gasteiger partial charge is 0.320 e. The number of nitrogens with one attached hydrogen (secondary N) is 1. The molecule has 5 fully saturated rings. The zero-order valence-electron chi connectivity index (χ0n) is 11.6. The lowest BCUT2D eigenvalue weighted by atomic mass is 9.63. The van der Waals surface area contributed by atoms with E-state index < -0.39 is 5.97 Å². The van der Waals surface area contributed by atoms with Gasteiger partial charge in [0.2, 0.25) is 0 Å². The highest BCUT2D eigenvalue weighted by molar-refractivity contribution is 5.79. The second-order valence-corrected chi connectivity index (χ2v) is 7.09. The number of urea groups is 1. The van der Waals surface area contributed by atoms with Crippen molar-refractivity contribution in [1.82, 2.24) is 15.1 Å². The maximum absolute atomic E-state index is 12.6. The van der Waals surface area contributed by atoms with E-state index in [0.29, 0.717) is 6.04 Å². The van der Waals surface area contributed by atoms with E-state index in [9.17, 15) is 9.59 Å². The monoisotopic (exact) mass is 279 g/mol. The highest BCUT2D eigenvalue weighted by Gasteiger charge is 2.66. The molecule has 0 aromatic rings. The van der Waals surface area contributed by atoms with Crippen molar-refractivity contribution in [3.8, 4) is 0 Å². The SMILES string of the molecule is O=C(O)CC12CCC(N3C[C@@H]4CNCCN4C3=O)(C1)C2. The molecule has 2 aliphatic heterocycles. The Bertz CT molecular complexity index is 472. The van der Waals surface area contributed by atoms with Crippen LogP contribution in [0.3, 0.4) is 0 Å². The molecule has 0 spiro atoms. The van der Waals surface area contributed by atoms with Crippen LogP contribution < -0.4 is 5.32 Å². The van der Waals surface area contributed by atoms with Gasteiger partial charge in [0.15, 0.2) is 0 Å². The average Bonchev–Trinajstić information content (AvgIpc) is 2.99. The Balaban J connectivity index is 1.50. The maximum Gasteiger partial charge on any atom is 0.320 e. The minimum atomic E-state index is -0.699. The topological polar surface area (TPSA) is 72.9 Å². The van der Waals surface area contributed by atoms with Crippen LogP contribution in [-0.2, 0) is 4.79 Å². The number of carboxylic acid groups (broad SMARTS) is 1. The molecule has 0 unspecified atom stereocenters. The van der Waals surface area contributed by atoms with Crippen molar-refractivity contribution in [2.75, 3.05) is 26.2 Å². The van der Waals surface area contributed by atoms with E-state index in [1.54, 1.807) is 0 Å². The number of hydrogen-bond acceptors (Lipinski definition) is 3. The molecule has 110 valence electrons.